The molecule has 1 atom stereocenters. The van der Waals surface area contributed by atoms with E-state index in [1.165, 1.54) is 12.8 Å². The van der Waals surface area contributed by atoms with Gasteiger partial charge in [0.25, 0.3) is 0 Å². The van der Waals surface area contributed by atoms with Crippen LogP contribution in [0.15, 0.2) is 30.3 Å². The van der Waals surface area contributed by atoms with E-state index in [9.17, 15) is 5.11 Å². The Morgan fingerprint density at radius 3 is 2.76 bits per heavy atom. The Labute approximate surface area is 103 Å². The molecule has 0 aromatic heterocycles. The minimum atomic E-state index is -0.148. The molecule has 0 bridgehead atoms. The first-order valence-corrected chi connectivity index (χ1v) is 6.43. The standard InChI is InChI=1S/C14H21NO2/c16-14(12-7-8-12)11-15-9-4-10-17-13-5-2-1-3-6-13/h1-3,5-6,12,14-16H,4,7-11H2. The smallest absolute Gasteiger partial charge is 0.119 e. The maximum atomic E-state index is 9.63. The summed E-state index contributed by atoms with van der Waals surface area (Å²) in [4.78, 5) is 0. The van der Waals surface area contributed by atoms with Gasteiger partial charge in [0.15, 0.2) is 0 Å². The first-order valence-electron chi connectivity index (χ1n) is 6.43. The van der Waals surface area contributed by atoms with E-state index in [-0.39, 0.29) is 6.10 Å². The monoisotopic (exact) mass is 235 g/mol. The predicted molar refractivity (Wildman–Crippen MR) is 68.2 cm³/mol. The maximum Gasteiger partial charge on any atom is 0.119 e. The van der Waals surface area contributed by atoms with Crippen molar-refractivity contribution in [1.29, 1.82) is 0 Å². The minimum absolute atomic E-state index is 0.148. The Bertz CT molecular complexity index is 311. The van der Waals surface area contributed by atoms with Gasteiger partial charge in [-0.25, -0.2) is 0 Å². The second kappa shape index (κ2) is 6.62. The molecule has 0 saturated heterocycles. The summed E-state index contributed by atoms with van der Waals surface area (Å²) < 4.78 is 5.57. The topological polar surface area (TPSA) is 41.5 Å². The number of hydrogen-bond donors (Lipinski definition) is 2. The van der Waals surface area contributed by atoms with Gasteiger partial charge in [-0.05, 0) is 43.9 Å². The average molecular weight is 235 g/mol. The third-order valence-electron chi connectivity index (χ3n) is 3.03. The highest BCUT2D eigenvalue weighted by molar-refractivity contribution is 5.20. The molecular weight excluding hydrogens is 214 g/mol. The molecule has 0 amide bonds. The minimum Gasteiger partial charge on any atom is -0.494 e. The molecule has 0 heterocycles. The molecule has 1 aliphatic rings. The molecule has 1 saturated carbocycles. The second-order valence-electron chi connectivity index (χ2n) is 4.62. The van der Waals surface area contributed by atoms with E-state index in [0.29, 0.717) is 5.92 Å². The molecule has 0 aliphatic heterocycles. The molecule has 1 aromatic rings. The van der Waals surface area contributed by atoms with E-state index in [2.05, 4.69) is 5.32 Å². The Morgan fingerprint density at radius 1 is 1.29 bits per heavy atom. The summed E-state index contributed by atoms with van der Waals surface area (Å²) in [5.74, 6) is 1.48. The molecule has 2 N–H and O–H groups in total. The van der Waals surface area contributed by atoms with Gasteiger partial charge in [-0.1, -0.05) is 18.2 Å². The lowest BCUT2D eigenvalue weighted by Gasteiger charge is -2.10. The van der Waals surface area contributed by atoms with Crippen molar-refractivity contribution < 1.29 is 9.84 Å². The summed E-state index contributed by atoms with van der Waals surface area (Å²) in [6.45, 7) is 2.34. The Hall–Kier alpha value is -1.06. The number of aliphatic hydroxyl groups is 1. The Kier molecular flexibility index (Phi) is 4.83. The number of benzene rings is 1. The number of aliphatic hydroxyl groups excluding tert-OH is 1. The largest absolute Gasteiger partial charge is 0.494 e. The molecule has 1 fully saturated rings. The van der Waals surface area contributed by atoms with Gasteiger partial charge in [-0.2, -0.15) is 0 Å². The van der Waals surface area contributed by atoms with Gasteiger partial charge in [0, 0.05) is 6.54 Å². The predicted octanol–water partition coefficient (Wildman–Crippen LogP) is 1.82. The lowest BCUT2D eigenvalue weighted by atomic mass is 10.2. The fourth-order valence-corrected chi connectivity index (χ4v) is 1.80. The summed E-state index contributed by atoms with van der Waals surface area (Å²) in [5.41, 5.74) is 0. The van der Waals surface area contributed by atoms with E-state index in [4.69, 9.17) is 4.74 Å². The highest BCUT2D eigenvalue weighted by atomic mass is 16.5. The second-order valence-corrected chi connectivity index (χ2v) is 4.62. The van der Waals surface area contributed by atoms with Gasteiger partial charge in [-0.3, -0.25) is 0 Å². The zero-order chi connectivity index (χ0) is 11.9. The number of rotatable bonds is 8. The van der Waals surface area contributed by atoms with E-state index in [0.717, 1.165) is 31.9 Å². The van der Waals surface area contributed by atoms with Crippen molar-refractivity contribution in [3.8, 4) is 5.75 Å². The Morgan fingerprint density at radius 2 is 2.06 bits per heavy atom. The SMILES string of the molecule is OC(CNCCCOc1ccccc1)C1CC1. The van der Waals surface area contributed by atoms with Crippen LogP contribution < -0.4 is 10.1 Å². The number of hydrogen-bond acceptors (Lipinski definition) is 3. The van der Waals surface area contributed by atoms with E-state index >= 15 is 0 Å². The van der Waals surface area contributed by atoms with E-state index in [1.54, 1.807) is 0 Å². The molecule has 94 valence electrons. The molecule has 3 heteroatoms. The summed E-state index contributed by atoms with van der Waals surface area (Å²) in [7, 11) is 0. The molecule has 2 rings (SSSR count). The first-order chi connectivity index (χ1) is 8.36. The van der Waals surface area contributed by atoms with Crippen LogP contribution in [0, 0.1) is 5.92 Å². The van der Waals surface area contributed by atoms with Crippen molar-refractivity contribution in [2.75, 3.05) is 19.7 Å². The summed E-state index contributed by atoms with van der Waals surface area (Å²) in [6, 6.07) is 9.85. The fraction of sp³-hybridized carbons (Fsp3) is 0.571. The quantitative estimate of drug-likeness (QED) is 0.675. The molecule has 1 aromatic carbocycles. The zero-order valence-corrected chi connectivity index (χ0v) is 10.1. The van der Waals surface area contributed by atoms with Crippen molar-refractivity contribution in [2.24, 2.45) is 5.92 Å². The van der Waals surface area contributed by atoms with Crippen LogP contribution in [-0.4, -0.2) is 30.9 Å². The third kappa shape index (κ3) is 4.75. The molecular formula is C14H21NO2. The highest BCUT2D eigenvalue weighted by Gasteiger charge is 2.28. The Balaban J connectivity index is 1.46. The van der Waals surface area contributed by atoms with Crippen LogP contribution in [0.1, 0.15) is 19.3 Å². The third-order valence-corrected chi connectivity index (χ3v) is 3.03. The number of ether oxygens (including phenoxy) is 1. The van der Waals surface area contributed by atoms with Gasteiger partial charge < -0.3 is 15.2 Å². The summed E-state index contributed by atoms with van der Waals surface area (Å²) >= 11 is 0. The van der Waals surface area contributed by atoms with Crippen LogP contribution in [0.2, 0.25) is 0 Å². The van der Waals surface area contributed by atoms with Crippen molar-refractivity contribution >= 4 is 0 Å². The van der Waals surface area contributed by atoms with Gasteiger partial charge in [0.1, 0.15) is 5.75 Å². The number of para-hydroxylation sites is 1. The first kappa shape index (κ1) is 12.4. The molecule has 0 spiro atoms. The average Bonchev–Trinajstić information content (AvgIpc) is 3.19. The maximum absolute atomic E-state index is 9.63. The lowest BCUT2D eigenvalue weighted by Crippen LogP contribution is -2.29. The van der Waals surface area contributed by atoms with Gasteiger partial charge in [-0.15, -0.1) is 0 Å². The van der Waals surface area contributed by atoms with E-state index in [1.807, 2.05) is 30.3 Å². The van der Waals surface area contributed by atoms with Gasteiger partial charge in [0.05, 0.1) is 12.7 Å². The normalized spacial score (nSPS) is 16.8. The van der Waals surface area contributed by atoms with Crippen LogP contribution in [0.25, 0.3) is 0 Å². The molecule has 1 aliphatic carbocycles. The van der Waals surface area contributed by atoms with Gasteiger partial charge >= 0.3 is 0 Å². The highest BCUT2D eigenvalue weighted by Crippen LogP contribution is 2.32. The summed E-state index contributed by atoms with van der Waals surface area (Å²) in [5, 5.41) is 12.9. The van der Waals surface area contributed by atoms with Crippen LogP contribution in [-0.2, 0) is 0 Å². The zero-order valence-electron chi connectivity index (χ0n) is 10.1. The van der Waals surface area contributed by atoms with Crippen molar-refractivity contribution in [3.05, 3.63) is 30.3 Å². The summed E-state index contributed by atoms with van der Waals surface area (Å²) in [6.07, 6.45) is 3.21. The molecule has 0 radical (unpaired) electrons. The van der Waals surface area contributed by atoms with Crippen molar-refractivity contribution in [3.63, 3.8) is 0 Å². The number of nitrogens with one attached hydrogen (secondary N) is 1. The van der Waals surface area contributed by atoms with Crippen LogP contribution in [0.4, 0.5) is 0 Å². The van der Waals surface area contributed by atoms with Crippen LogP contribution >= 0.6 is 0 Å². The van der Waals surface area contributed by atoms with Crippen LogP contribution in [0.3, 0.4) is 0 Å². The van der Waals surface area contributed by atoms with Gasteiger partial charge in [0.2, 0.25) is 0 Å². The molecule has 3 nitrogen and oxygen atoms in total. The van der Waals surface area contributed by atoms with Crippen molar-refractivity contribution in [2.45, 2.75) is 25.4 Å². The van der Waals surface area contributed by atoms with Crippen LogP contribution in [0.5, 0.6) is 5.75 Å². The molecule has 1 unspecified atom stereocenters. The van der Waals surface area contributed by atoms with E-state index < -0.39 is 0 Å². The van der Waals surface area contributed by atoms with Crippen molar-refractivity contribution in [1.82, 2.24) is 5.32 Å². The molecule has 17 heavy (non-hydrogen) atoms. The fourth-order valence-electron chi connectivity index (χ4n) is 1.80. The lowest BCUT2D eigenvalue weighted by molar-refractivity contribution is 0.148.